The van der Waals surface area contributed by atoms with E-state index in [2.05, 4.69) is 36.6 Å². The molecule has 0 aromatic heterocycles. The Balaban J connectivity index is 1.93. The molecule has 1 aromatic carbocycles. The number of hydrogen-bond donors (Lipinski definition) is 2. The molecule has 1 aliphatic rings. The number of amides is 1. The van der Waals surface area contributed by atoms with Crippen molar-refractivity contribution in [2.45, 2.75) is 39.0 Å². The van der Waals surface area contributed by atoms with Crippen LogP contribution in [-0.4, -0.2) is 19.0 Å². The molecule has 1 aliphatic heterocycles. The van der Waals surface area contributed by atoms with Gasteiger partial charge in [-0.25, -0.2) is 0 Å². The summed E-state index contributed by atoms with van der Waals surface area (Å²) in [5.74, 6) is 0.905. The Morgan fingerprint density at radius 1 is 1.32 bits per heavy atom. The van der Waals surface area contributed by atoms with Gasteiger partial charge < -0.3 is 10.6 Å². The Bertz CT molecular complexity index is 407. The van der Waals surface area contributed by atoms with Gasteiger partial charge in [0, 0.05) is 11.6 Å². The molecule has 1 atom stereocenters. The van der Waals surface area contributed by atoms with Crippen molar-refractivity contribution in [3.05, 3.63) is 29.8 Å². The fourth-order valence-electron chi connectivity index (χ4n) is 2.46. The van der Waals surface area contributed by atoms with E-state index >= 15 is 0 Å². The Morgan fingerprint density at radius 2 is 1.95 bits per heavy atom. The number of nitrogens with one attached hydrogen (secondary N) is 2. The zero-order valence-electron chi connectivity index (χ0n) is 11.9. The topological polar surface area (TPSA) is 41.1 Å². The van der Waals surface area contributed by atoms with Crippen LogP contribution in [0.4, 0.5) is 5.69 Å². The first-order valence-electron chi connectivity index (χ1n) is 7.32. The second kappa shape index (κ2) is 6.71. The van der Waals surface area contributed by atoms with E-state index in [9.17, 15) is 4.79 Å². The van der Waals surface area contributed by atoms with Gasteiger partial charge in [0.2, 0.25) is 5.91 Å². The quantitative estimate of drug-likeness (QED) is 0.873. The first-order chi connectivity index (χ1) is 9.20. The molecule has 104 valence electrons. The van der Waals surface area contributed by atoms with Crippen molar-refractivity contribution in [2.75, 3.05) is 18.4 Å². The number of carbonyl (C=O) groups is 1. The molecular weight excluding hydrogens is 236 g/mol. The molecule has 19 heavy (non-hydrogen) atoms. The number of anilines is 1. The second-order valence-corrected chi connectivity index (χ2v) is 5.44. The lowest BCUT2D eigenvalue weighted by Gasteiger charge is -2.21. The van der Waals surface area contributed by atoms with Crippen LogP contribution in [0.1, 0.15) is 44.6 Å². The van der Waals surface area contributed by atoms with Gasteiger partial charge in [-0.3, -0.25) is 4.79 Å². The fourth-order valence-corrected chi connectivity index (χ4v) is 2.46. The van der Waals surface area contributed by atoms with Crippen molar-refractivity contribution >= 4 is 11.6 Å². The third-order valence-corrected chi connectivity index (χ3v) is 4.07. The number of hydrogen-bond acceptors (Lipinski definition) is 2. The minimum Gasteiger partial charge on any atom is -0.326 e. The molecule has 1 fully saturated rings. The molecule has 1 amide bonds. The third kappa shape index (κ3) is 3.80. The Hall–Kier alpha value is -1.35. The SMILES string of the molecule is CCC(C)c1ccc(NC(=O)C2CCNCC2)cc1. The maximum Gasteiger partial charge on any atom is 0.227 e. The van der Waals surface area contributed by atoms with E-state index in [1.165, 1.54) is 5.56 Å². The van der Waals surface area contributed by atoms with Crippen LogP contribution in [0.15, 0.2) is 24.3 Å². The monoisotopic (exact) mass is 260 g/mol. The molecule has 0 bridgehead atoms. The highest BCUT2D eigenvalue weighted by Crippen LogP contribution is 2.21. The molecule has 1 heterocycles. The largest absolute Gasteiger partial charge is 0.326 e. The average molecular weight is 260 g/mol. The van der Waals surface area contributed by atoms with Gasteiger partial charge >= 0.3 is 0 Å². The van der Waals surface area contributed by atoms with Gasteiger partial charge in [-0.1, -0.05) is 26.0 Å². The van der Waals surface area contributed by atoms with Crippen LogP contribution in [0, 0.1) is 5.92 Å². The standard InChI is InChI=1S/C16H24N2O/c1-3-12(2)13-4-6-15(7-5-13)18-16(19)14-8-10-17-11-9-14/h4-7,12,14,17H,3,8-11H2,1-2H3,(H,18,19). The van der Waals surface area contributed by atoms with Crippen molar-refractivity contribution in [3.8, 4) is 0 Å². The van der Waals surface area contributed by atoms with E-state index in [0.29, 0.717) is 5.92 Å². The maximum atomic E-state index is 12.1. The fraction of sp³-hybridized carbons (Fsp3) is 0.562. The van der Waals surface area contributed by atoms with Gasteiger partial charge in [-0.15, -0.1) is 0 Å². The summed E-state index contributed by atoms with van der Waals surface area (Å²) in [6, 6.07) is 8.26. The Kier molecular flexibility index (Phi) is 4.97. The molecule has 0 saturated carbocycles. The molecular formula is C16H24N2O. The number of rotatable bonds is 4. The van der Waals surface area contributed by atoms with E-state index in [1.807, 2.05) is 12.1 Å². The normalized spacial score (nSPS) is 18.0. The van der Waals surface area contributed by atoms with Crippen LogP contribution >= 0.6 is 0 Å². The highest BCUT2D eigenvalue weighted by Gasteiger charge is 2.20. The molecule has 1 aromatic rings. The summed E-state index contributed by atoms with van der Waals surface area (Å²) in [6.07, 6.45) is 3.02. The summed E-state index contributed by atoms with van der Waals surface area (Å²) >= 11 is 0. The highest BCUT2D eigenvalue weighted by atomic mass is 16.1. The molecule has 0 spiro atoms. The van der Waals surface area contributed by atoms with E-state index in [1.54, 1.807) is 0 Å². The van der Waals surface area contributed by atoms with Gasteiger partial charge in [0.05, 0.1) is 0 Å². The van der Waals surface area contributed by atoms with Crippen LogP contribution in [0.5, 0.6) is 0 Å². The van der Waals surface area contributed by atoms with Crippen molar-refractivity contribution < 1.29 is 4.79 Å². The summed E-state index contributed by atoms with van der Waals surface area (Å²) in [4.78, 5) is 12.1. The van der Waals surface area contributed by atoms with Gasteiger partial charge in [0.25, 0.3) is 0 Å². The summed E-state index contributed by atoms with van der Waals surface area (Å²) in [7, 11) is 0. The molecule has 3 nitrogen and oxygen atoms in total. The van der Waals surface area contributed by atoms with E-state index in [4.69, 9.17) is 0 Å². The number of carbonyl (C=O) groups excluding carboxylic acids is 1. The number of benzene rings is 1. The van der Waals surface area contributed by atoms with Crippen LogP contribution < -0.4 is 10.6 Å². The lowest BCUT2D eigenvalue weighted by Crippen LogP contribution is -2.34. The first kappa shape index (κ1) is 14.1. The Morgan fingerprint density at radius 3 is 2.53 bits per heavy atom. The van der Waals surface area contributed by atoms with Crippen molar-refractivity contribution in [1.29, 1.82) is 0 Å². The van der Waals surface area contributed by atoms with Crippen LogP contribution in [-0.2, 0) is 4.79 Å². The van der Waals surface area contributed by atoms with Gasteiger partial charge in [-0.2, -0.15) is 0 Å². The lowest BCUT2D eigenvalue weighted by molar-refractivity contribution is -0.120. The predicted octanol–water partition coefficient (Wildman–Crippen LogP) is 3.14. The lowest BCUT2D eigenvalue weighted by atomic mass is 9.96. The Labute approximate surface area is 115 Å². The van der Waals surface area contributed by atoms with Crippen molar-refractivity contribution in [2.24, 2.45) is 5.92 Å². The zero-order valence-corrected chi connectivity index (χ0v) is 11.9. The van der Waals surface area contributed by atoms with Crippen molar-refractivity contribution in [1.82, 2.24) is 5.32 Å². The molecule has 2 rings (SSSR count). The molecule has 1 unspecified atom stereocenters. The summed E-state index contributed by atoms with van der Waals surface area (Å²) in [5, 5.41) is 6.31. The van der Waals surface area contributed by atoms with E-state index in [-0.39, 0.29) is 11.8 Å². The minimum atomic E-state index is 0.162. The second-order valence-electron chi connectivity index (χ2n) is 5.44. The van der Waals surface area contributed by atoms with Gasteiger partial charge in [0.1, 0.15) is 0 Å². The molecule has 0 radical (unpaired) electrons. The predicted molar refractivity (Wildman–Crippen MR) is 79.4 cm³/mol. The van der Waals surface area contributed by atoms with Crippen molar-refractivity contribution in [3.63, 3.8) is 0 Å². The molecule has 3 heteroatoms. The minimum absolute atomic E-state index is 0.162. The van der Waals surface area contributed by atoms with Gasteiger partial charge in [-0.05, 0) is 56.0 Å². The molecule has 1 saturated heterocycles. The molecule has 0 aliphatic carbocycles. The smallest absolute Gasteiger partial charge is 0.227 e. The first-order valence-corrected chi connectivity index (χ1v) is 7.32. The third-order valence-electron chi connectivity index (χ3n) is 4.07. The van der Waals surface area contributed by atoms with E-state index in [0.717, 1.165) is 38.0 Å². The number of piperidine rings is 1. The highest BCUT2D eigenvalue weighted by molar-refractivity contribution is 5.92. The average Bonchev–Trinajstić information content (AvgIpc) is 2.48. The molecule has 2 N–H and O–H groups in total. The summed E-state index contributed by atoms with van der Waals surface area (Å²) in [6.45, 7) is 6.32. The summed E-state index contributed by atoms with van der Waals surface area (Å²) in [5.41, 5.74) is 2.25. The van der Waals surface area contributed by atoms with E-state index < -0.39 is 0 Å². The van der Waals surface area contributed by atoms with Crippen LogP contribution in [0.2, 0.25) is 0 Å². The summed E-state index contributed by atoms with van der Waals surface area (Å²) < 4.78 is 0. The maximum absolute atomic E-state index is 12.1. The van der Waals surface area contributed by atoms with Crippen LogP contribution in [0.25, 0.3) is 0 Å². The van der Waals surface area contributed by atoms with Crippen LogP contribution in [0.3, 0.4) is 0 Å². The van der Waals surface area contributed by atoms with Gasteiger partial charge in [0.15, 0.2) is 0 Å². The zero-order chi connectivity index (χ0) is 13.7.